The van der Waals surface area contributed by atoms with Gasteiger partial charge >= 0.3 is 0 Å². The highest BCUT2D eigenvalue weighted by molar-refractivity contribution is 7.98. The Bertz CT molecular complexity index is 596. The molecule has 0 aromatic heterocycles. The molecule has 0 aliphatic rings. The van der Waals surface area contributed by atoms with Gasteiger partial charge < -0.3 is 5.32 Å². The first-order valence-corrected chi connectivity index (χ1v) is 8.61. The summed E-state index contributed by atoms with van der Waals surface area (Å²) in [5, 5.41) is 4.30. The highest BCUT2D eigenvalue weighted by atomic mass is 35.5. The van der Waals surface area contributed by atoms with Crippen molar-refractivity contribution >= 4 is 23.4 Å². The van der Waals surface area contributed by atoms with E-state index in [4.69, 9.17) is 11.6 Å². The van der Waals surface area contributed by atoms with Gasteiger partial charge in [-0.1, -0.05) is 55.8 Å². The van der Waals surface area contributed by atoms with E-state index in [0.717, 1.165) is 17.3 Å². The molecule has 3 heteroatoms. The molecule has 0 spiro atoms. The lowest BCUT2D eigenvalue weighted by Gasteiger charge is -2.11. The fourth-order valence-corrected chi connectivity index (χ4v) is 3.37. The Balaban J connectivity index is 1.99. The van der Waals surface area contributed by atoms with Crippen molar-refractivity contribution in [2.24, 2.45) is 0 Å². The molecule has 1 nitrogen and oxygen atoms in total. The first kappa shape index (κ1) is 16.4. The van der Waals surface area contributed by atoms with Gasteiger partial charge in [-0.15, -0.1) is 11.8 Å². The van der Waals surface area contributed by atoms with Gasteiger partial charge in [0.25, 0.3) is 0 Å². The minimum atomic E-state index is 0.514. The molecule has 0 aliphatic heterocycles. The highest BCUT2D eigenvalue weighted by Gasteiger charge is 2.04. The van der Waals surface area contributed by atoms with E-state index in [-0.39, 0.29) is 0 Å². The first-order chi connectivity index (χ1) is 10.1. The van der Waals surface area contributed by atoms with Crippen LogP contribution < -0.4 is 5.32 Å². The third-order valence-corrected chi connectivity index (χ3v) is 4.89. The standard InChI is InChI=1S/C18H22ClNS/c1-13(2)20-11-15-8-9-18(14(3)10-15)21-12-16-6-4-5-7-17(16)19/h4-10,13,20H,11-12H2,1-3H3. The summed E-state index contributed by atoms with van der Waals surface area (Å²) in [6, 6.07) is 15.2. The molecule has 0 heterocycles. The molecule has 112 valence electrons. The second kappa shape index (κ2) is 7.88. The minimum Gasteiger partial charge on any atom is -0.310 e. The van der Waals surface area contributed by atoms with Gasteiger partial charge in [-0.2, -0.15) is 0 Å². The van der Waals surface area contributed by atoms with E-state index in [0.29, 0.717) is 6.04 Å². The average Bonchev–Trinajstić information content (AvgIpc) is 2.45. The second-order valence-electron chi connectivity index (χ2n) is 5.52. The maximum atomic E-state index is 6.20. The van der Waals surface area contributed by atoms with Gasteiger partial charge in [0, 0.05) is 28.3 Å². The predicted octanol–water partition coefficient (Wildman–Crippen LogP) is 5.44. The second-order valence-corrected chi connectivity index (χ2v) is 6.94. The fraction of sp³-hybridized carbons (Fsp3) is 0.333. The Labute approximate surface area is 137 Å². The van der Waals surface area contributed by atoms with Gasteiger partial charge in [0.15, 0.2) is 0 Å². The molecule has 0 amide bonds. The van der Waals surface area contributed by atoms with Crippen molar-refractivity contribution in [2.75, 3.05) is 0 Å². The van der Waals surface area contributed by atoms with Gasteiger partial charge in [-0.05, 0) is 35.7 Å². The zero-order chi connectivity index (χ0) is 15.2. The molecule has 0 aliphatic carbocycles. The largest absolute Gasteiger partial charge is 0.310 e. The number of benzene rings is 2. The Morgan fingerprint density at radius 2 is 1.90 bits per heavy atom. The number of hydrogen-bond donors (Lipinski definition) is 1. The fourth-order valence-electron chi connectivity index (χ4n) is 2.08. The molecule has 0 bridgehead atoms. The molecule has 21 heavy (non-hydrogen) atoms. The summed E-state index contributed by atoms with van der Waals surface area (Å²) in [5.41, 5.74) is 3.85. The molecular weight excluding hydrogens is 298 g/mol. The molecule has 0 unspecified atom stereocenters. The van der Waals surface area contributed by atoms with Crippen molar-refractivity contribution in [3.05, 3.63) is 64.2 Å². The molecule has 0 saturated carbocycles. The Morgan fingerprint density at radius 3 is 2.57 bits per heavy atom. The van der Waals surface area contributed by atoms with Crippen LogP contribution in [-0.4, -0.2) is 6.04 Å². The van der Waals surface area contributed by atoms with Crippen LogP contribution in [0.5, 0.6) is 0 Å². The van der Waals surface area contributed by atoms with Crippen molar-refractivity contribution in [1.82, 2.24) is 5.32 Å². The Hall–Kier alpha value is -0.960. The lowest BCUT2D eigenvalue weighted by molar-refractivity contribution is 0.588. The van der Waals surface area contributed by atoms with E-state index >= 15 is 0 Å². The molecule has 2 aromatic rings. The van der Waals surface area contributed by atoms with Crippen LogP contribution in [0.15, 0.2) is 47.4 Å². The SMILES string of the molecule is Cc1cc(CNC(C)C)ccc1SCc1ccccc1Cl. The normalized spacial score (nSPS) is 11.1. The average molecular weight is 320 g/mol. The summed E-state index contributed by atoms with van der Waals surface area (Å²) < 4.78 is 0. The van der Waals surface area contributed by atoms with Crippen LogP contribution in [0.2, 0.25) is 5.02 Å². The van der Waals surface area contributed by atoms with Gasteiger partial charge in [-0.3, -0.25) is 0 Å². The van der Waals surface area contributed by atoms with Crippen molar-refractivity contribution in [2.45, 2.75) is 44.0 Å². The van der Waals surface area contributed by atoms with Crippen molar-refractivity contribution in [3.63, 3.8) is 0 Å². The molecule has 0 radical (unpaired) electrons. The summed E-state index contributed by atoms with van der Waals surface area (Å²) in [6.07, 6.45) is 0. The lowest BCUT2D eigenvalue weighted by atomic mass is 10.1. The zero-order valence-electron chi connectivity index (χ0n) is 12.8. The van der Waals surface area contributed by atoms with Crippen LogP contribution >= 0.6 is 23.4 Å². The minimum absolute atomic E-state index is 0.514. The smallest absolute Gasteiger partial charge is 0.0446 e. The first-order valence-electron chi connectivity index (χ1n) is 7.25. The molecule has 0 fully saturated rings. The summed E-state index contributed by atoms with van der Waals surface area (Å²) in [5.74, 6) is 0.907. The van der Waals surface area contributed by atoms with E-state index < -0.39 is 0 Å². The predicted molar refractivity (Wildman–Crippen MR) is 94.2 cm³/mol. The summed E-state index contributed by atoms with van der Waals surface area (Å²) in [4.78, 5) is 1.32. The van der Waals surface area contributed by atoms with Crippen LogP contribution in [0.25, 0.3) is 0 Å². The Morgan fingerprint density at radius 1 is 1.14 bits per heavy atom. The van der Waals surface area contributed by atoms with Crippen LogP contribution in [0, 0.1) is 6.92 Å². The maximum Gasteiger partial charge on any atom is 0.0446 e. The third-order valence-electron chi connectivity index (χ3n) is 3.29. The van der Waals surface area contributed by atoms with Crippen LogP contribution in [-0.2, 0) is 12.3 Å². The van der Waals surface area contributed by atoms with Crippen molar-refractivity contribution in [3.8, 4) is 0 Å². The van der Waals surface area contributed by atoms with Crippen LogP contribution in [0.4, 0.5) is 0 Å². The maximum absolute atomic E-state index is 6.20. The van der Waals surface area contributed by atoms with Crippen molar-refractivity contribution in [1.29, 1.82) is 0 Å². The monoisotopic (exact) mass is 319 g/mol. The van der Waals surface area contributed by atoms with E-state index in [2.05, 4.69) is 50.4 Å². The summed E-state index contributed by atoms with van der Waals surface area (Å²) in [7, 11) is 0. The number of nitrogens with one attached hydrogen (secondary N) is 1. The number of hydrogen-bond acceptors (Lipinski definition) is 2. The molecule has 1 N–H and O–H groups in total. The summed E-state index contributed by atoms with van der Waals surface area (Å²) in [6.45, 7) is 7.43. The molecular formula is C18H22ClNS. The Kier molecular flexibility index (Phi) is 6.16. The number of thioether (sulfide) groups is 1. The lowest BCUT2D eigenvalue weighted by Crippen LogP contribution is -2.21. The van der Waals surface area contributed by atoms with E-state index in [1.54, 1.807) is 0 Å². The number of rotatable bonds is 6. The molecule has 0 saturated heterocycles. The van der Waals surface area contributed by atoms with Gasteiger partial charge in [-0.25, -0.2) is 0 Å². The molecule has 2 aromatic carbocycles. The quantitative estimate of drug-likeness (QED) is 0.712. The number of aryl methyl sites for hydroxylation is 1. The highest BCUT2D eigenvalue weighted by Crippen LogP contribution is 2.29. The topological polar surface area (TPSA) is 12.0 Å². The summed E-state index contributed by atoms with van der Waals surface area (Å²) >= 11 is 8.05. The van der Waals surface area contributed by atoms with E-state index in [1.807, 2.05) is 30.0 Å². The zero-order valence-corrected chi connectivity index (χ0v) is 14.4. The van der Waals surface area contributed by atoms with Crippen LogP contribution in [0.1, 0.15) is 30.5 Å². The van der Waals surface area contributed by atoms with E-state index in [9.17, 15) is 0 Å². The van der Waals surface area contributed by atoms with Gasteiger partial charge in [0.05, 0.1) is 0 Å². The van der Waals surface area contributed by atoms with Gasteiger partial charge in [0.1, 0.15) is 0 Å². The molecule has 2 rings (SSSR count). The van der Waals surface area contributed by atoms with Crippen LogP contribution in [0.3, 0.4) is 0 Å². The van der Waals surface area contributed by atoms with Crippen molar-refractivity contribution < 1.29 is 0 Å². The van der Waals surface area contributed by atoms with E-state index in [1.165, 1.54) is 21.6 Å². The third kappa shape index (κ3) is 5.06. The number of halogens is 1. The molecule has 0 atom stereocenters. The van der Waals surface area contributed by atoms with Gasteiger partial charge in [0.2, 0.25) is 0 Å².